The van der Waals surface area contributed by atoms with Crippen LogP contribution in [-0.4, -0.2) is 28.8 Å². The maximum Gasteiger partial charge on any atom is 0.267 e. The number of rotatable bonds is 7. The van der Waals surface area contributed by atoms with Crippen molar-refractivity contribution < 1.29 is 9.18 Å². The normalized spacial score (nSPS) is 14.3. The Balaban J connectivity index is 1.32. The van der Waals surface area contributed by atoms with Gasteiger partial charge >= 0.3 is 0 Å². The van der Waals surface area contributed by atoms with Crippen LogP contribution in [0, 0.1) is 11.7 Å². The number of nitrogens with one attached hydrogen (secondary N) is 1. The van der Waals surface area contributed by atoms with Gasteiger partial charge in [0.05, 0.1) is 0 Å². The second-order valence-corrected chi connectivity index (χ2v) is 8.21. The van der Waals surface area contributed by atoms with Gasteiger partial charge in [0.1, 0.15) is 18.2 Å². The molecule has 1 N–H and O–H groups in total. The molecule has 4 rings (SSSR count). The van der Waals surface area contributed by atoms with Gasteiger partial charge in [-0.15, -0.1) is 0 Å². The summed E-state index contributed by atoms with van der Waals surface area (Å²) in [6.07, 6.45) is 3.21. The smallest absolute Gasteiger partial charge is 0.267 e. The lowest BCUT2D eigenvalue weighted by atomic mass is 9.90. The second-order valence-electron chi connectivity index (χ2n) is 8.21. The van der Waals surface area contributed by atoms with E-state index in [1.54, 1.807) is 18.2 Å². The van der Waals surface area contributed by atoms with Crippen molar-refractivity contribution in [3.05, 3.63) is 94.0 Å². The minimum absolute atomic E-state index is 0.154. The van der Waals surface area contributed by atoms with E-state index in [4.69, 9.17) is 0 Å². The van der Waals surface area contributed by atoms with E-state index in [1.165, 1.54) is 28.4 Å². The average molecular weight is 435 g/mol. The first kappa shape index (κ1) is 21.7. The highest BCUT2D eigenvalue weighted by Crippen LogP contribution is 2.24. The van der Waals surface area contributed by atoms with Crippen LogP contribution in [0.5, 0.6) is 0 Å². The van der Waals surface area contributed by atoms with E-state index in [9.17, 15) is 14.0 Å². The first-order valence-corrected chi connectivity index (χ1v) is 10.9. The molecule has 0 unspecified atom stereocenters. The van der Waals surface area contributed by atoms with Gasteiger partial charge in [-0.05, 0) is 54.5 Å². The number of carbonyl (C=O) groups excluding carboxylic acids is 1. The molecule has 1 amide bonds. The number of piperidine rings is 1. The molecule has 166 valence electrons. The van der Waals surface area contributed by atoms with Crippen molar-refractivity contribution in [2.45, 2.75) is 32.4 Å². The topological polar surface area (TPSA) is 67.2 Å². The van der Waals surface area contributed by atoms with Crippen LogP contribution in [-0.2, 0) is 24.3 Å². The zero-order valence-corrected chi connectivity index (χ0v) is 17.9. The quantitative estimate of drug-likeness (QED) is 0.620. The monoisotopic (exact) mass is 434 g/mol. The maximum atomic E-state index is 13.0. The lowest BCUT2D eigenvalue weighted by Gasteiger charge is -2.33. The van der Waals surface area contributed by atoms with Crippen LogP contribution < -0.4 is 15.8 Å². The molecule has 0 aliphatic carbocycles. The zero-order chi connectivity index (χ0) is 22.3. The Morgan fingerprint density at radius 1 is 0.969 bits per heavy atom. The Kier molecular flexibility index (Phi) is 6.94. The van der Waals surface area contributed by atoms with Crippen molar-refractivity contribution in [1.29, 1.82) is 0 Å². The first-order valence-electron chi connectivity index (χ1n) is 10.9. The summed E-state index contributed by atoms with van der Waals surface area (Å²) in [4.78, 5) is 26.7. The molecule has 1 aliphatic rings. The summed E-state index contributed by atoms with van der Waals surface area (Å²) in [5.74, 6) is 0.713. The Morgan fingerprint density at radius 2 is 1.69 bits per heavy atom. The Hall–Kier alpha value is -3.48. The highest BCUT2D eigenvalue weighted by Gasteiger charge is 2.21. The summed E-state index contributed by atoms with van der Waals surface area (Å²) in [5.41, 5.74) is 1.83. The predicted molar refractivity (Wildman–Crippen MR) is 122 cm³/mol. The van der Waals surface area contributed by atoms with E-state index in [-0.39, 0.29) is 30.4 Å². The third kappa shape index (κ3) is 5.81. The fourth-order valence-electron chi connectivity index (χ4n) is 4.03. The zero-order valence-electron chi connectivity index (χ0n) is 17.9. The Bertz CT molecular complexity index is 1090. The number of amides is 1. The molecule has 6 nitrogen and oxygen atoms in total. The van der Waals surface area contributed by atoms with E-state index in [0.717, 1.165) is 37.9 Å². The van der Waals surface area contributed by atoms with Gasteiger partial charge in [0.2, 0.25) is 5.91 Å². The third-order valence-corrected chi connectivity index (χ3v) is 5.85. The van der Waals surface area contributed by atoms with Gasteiger partial charge in [-0.1, -0.05) is 42.5 Å². The second kappa shape index (κ2) is 10.2. The number of hydrogen-bond donors (Lipinski definition) is 1. The molecule has 32 heavy (non-hydrogen) atoms. The Labute approximate surface area is 186 Å². The standard InChI is InChI=1S/C25H27FN4O2/c26-22-8-6-21(7-9-22)17-27-24(31)18-30-25(32)11-10-23(28-30)29-14-12-20(13-15-29)16-19-4-2-1-3-5-19/h1-11,20H,12-18H2,(H,27,31). The van der Waals surface area contributed by atoms with Gasteiger partial charge in [0, 0.05) is 25.7 Å². The largest absolute Gasteiger partial charge is 0.355 e. The first-order chi connectivity index (χ1) is 15.6. The van der Waals surface area contributed by atoms with Gasteiger partial charge in [0.15, 0.2) is 0 Å². The molecule has 2 heterocycles. The van der Waals surface area contributed by atoms with Crippen molar-refractivity contribution in [2.75, 3.05) is 18.0 Å². The number of hydrogen-bond acceptors (Lipinski definition) is 4. The summed E-state index contributed by atoms with van der Waals surface area (Å²) in [6, 6.07) is 19.6. The molecule has 1 saturated heterocycles. The molecule has 0 atom stereocenters. The number of halogens is 1. The molecule has 2 aromatic carbocycles. The summed E-state index contributed by atoms with van der Waals surface area (Å²) >= 11 is 0. The van der Waals surface area contributed by atoms with E-state index in [1.807, 2.05) is 6.07 Å². The van der Waals surface area contributed by atoms with Crippen molar-refractivity contribution in [2.24, 2.45) is 5.92 Å². The number of carbonyl (C=O) groups is 1. The highest BCUT2D eigenvalue weighted by molar-refractivity contribution is 5.75. The molecule has 0 bridgehead atoms. The SMILES string of the molecule is O=C(Cn1nc(N2CCC(Cc3ccccc3)CC2)ccc1=O)NCc1ccc(F)cc1. The minimum Gasteiger partial charge on any atom is -0.355 e. The minimum atomic E-state index is -0.322. The number of aromatic nitrogens is 2. The molecule has 7 heteroatoms. The molecule has 0 spiro atoms. The van der Waals surface area contributed by atoms with Crippen molar-refractivity contribution >= 4 is 11.7 Å². The van der Waals surface area contributed by atoms with E-state index >= 15 is 0 Å². The van der Waals surface area contributed by atoms with Crippen LogP contribution in [0.3, 0.4) is 0 Å². The van der Waals surface area contributed by atoms with E-state index < -0.39 is 0 Å². The van der Waals surface area contributed by atoms with Crippen LogP contribution in [0.4, 0.5) is 10.2 Å². The summed E-state index contributed by atoms with van der Waals surface area (Å²) in [5, 5.41) is 7.18. The van der Waals surface area contributed by atoms with E-state index in [0.29, 0.717) is 11.7 Å². The third-order valence-electron chi connectivity index (χ3n) is 5.85. The number of anilines is 1. The van der Waals surface area contributed by atoms with Gasteiger partial charge in [-0.3, -0.25) is 9.59 Å². The summed E-state index contributed by atoms with van der Waals surface area (Å²) < 4.78 is 14.2. The van der Waals surface area contributed by atoms with Crippen LogP contribution >= 0.6 is 0 Å². The van der Waals surface area contributed by atoms with Crippen LogP contribution in [0.2, 0.25) is 0 Å². The van der Waals surface area contributed by atoms with Crippen LogP contribution in [0.1, 0.15) is 24.0 Å². The predicted octanol–water partition coefficient (Wildman–Crippen LogP) is 3.16. The number of benzene rings is 2. The van der Waals surface area contributed by atoms with Gasteiger partial charge in [-0.2, -0.15) is 5.10 Å². The lowest BCUT2D eigenvalue weighted by molar-refractivity contribution is -0.122. The van der Waals surface area contributed by atoms with Gasteiger partial charge in [0.25, 0.3) is 5.56 Å². The summed E-state index contributed by atoms with van der Waals surface area (Å²) in [6.45, 7) is 1.86. The fraction of sp³-hybridized carbons (Fsp3) is 0.320. The van der Waals surface area contributed by atoms with Gasteiger partial charge in [-0.25, -0.2) is 9.07 Å². The van der Waals surface area contributed by atoms with Crippen molar-refractivity contribution in [3.8, 4) is 0 Å². The lowest BCUT2D eigenvalue weighted by Crippen LogP contribution is -2.38. The fourth-order valence-corrected chi connectivity index (χ4v) is 4.03. The van der Waals surface area contributed by atoms with Crippen LogP contribution in [0.25, 0.3) is 0 Å². The van der Waals surface area contributed by atoms with E-state index in [2.05, 4.69) is 39.6 Å². The Morgan fingerprint density at radius 3 is 2.41 bits per heavy atom. The molecule has 1 aromatic heterocycles. The molecular weight excluding hydrogens is 407 g/mol. The van der Waals surface area contributed by atoms with Crippen molar-refractivity contribution in [3.63, 3.8) is 0 Å². The number of nitrogens with zero attached hydrogens (tertiary/aromatic N) is 3. The molecule has 1 aliphatic heterocycles. The van der Waals surface area contributed by atoms with Crippen molar-refractivity contribution in [1.82, 2.24) is 15.1 Å². The molecular formula is C25H27FN4O2. The molecule has 0 saturated carbocycles. The molecule has 0 radical (unpaired) electrons. The molecule has 1 fully saturated rings. The highest BCUT2D eigenvalue weighted by atomic mass is 19.1. The van der Waals surface area contributed by atoms with Crippen LogP contribution in [0.15, 0.2) is 71.5 Å². The maximum absolute atomic E-state index is 13.0. The van der Waals surface area contributed by atoms with Gasteiger partial charge < -0.3 is 10.2 Å². The summed E-state index contributed by atoms with van der Waals surface area (Å²) in [7, 11) is 0. The average Bonchev–Trinajstić information content (AvgIpc) is 2.81. The molecule has 3 aromatic rings.